The number of ether oxygens (including phenoxy) is 1. The molecule has 2 aromatic carbocycles. The van der Waals surface area contributed by atoms with E-state index < -0.39 is 23.4 Å². The zero-order valence-corrected chi connectivity index (χ0v) is 31.5. The predicted octanol–water partition coefficient (Wildman–Crippen LogP) is 5.90. The largest absolute Gasteiger partial charge is 2.00 e. The number of amides is 1. The Morgan fingerprint density at radius 3 is 2.49 bits per heavy atom. The van der Waals surface area contributed by atoms with Gasteiger partial charge >= 0.3 is 22.8 Å². The number of fused-ring (bicyclic) bond motifs is 2. The number of pyridine rings is 2. The van der Waals surface area contributed by atoms with Crippen LogP contribution in [-0.2, 0) is 42.4 Å². The smallest absolute Gasteiger partial charge is 0.481 e. The third-order valence-corrected chi connectivity index (χ3v) is 10.9. The van der Waals surface area contributed by atoms with Crippen molar-refractivity contribution in [3.63, 3.8) is 0 Å². The molecule has 1 N–H and O–H groups in total. The van der Waals surface area contributed by atoms with Crippen molar-refractivity contribution in [3.05, 3.63) is 109 Å². The average Bonchev–Trinajstić information content (AvgIpc) is 3.87. The van der Waals surface area contributed by atoms with Crippen LogP contribution in [0.4, 0.5) is 8.78 Å². The number of benzene rings is 2. The number of nitrogens with zero attached hydrogens (tertiary/aromatic N) is 5. The van der Waals surface area contributed by atoms with Crippen molar-refractivity contribution >= 4 is 28.4 Å². The Balaban J connectivity index is 0.000000226. The van der Waals surface area contributed by atoms with Crippen LogP contribution in [0.5, 0.6) is 5.88 Å². The summed E-state index contributed by atoms with van der Waals surface area (Å²) < 4.78 is 32.8. The maximum Gasteiger partial charge on any atom is 2.00 e. The molecule has 3 aromatic heterocycles. The van der Waals surface area contributed by atoms with Crippen molar-refractivity contribution in [1.82, 2.24) is 29.3 Å². The number of carbonyl (C=O) groups excluding carboxylic acids is 1. The first-order valence-electron chi connectivity index (χ1n) is 17.1. The van der Waals surface area contributed by atoms with E-state index in [4.69, 9.17) is 21.3 Å². The SMILES string of the molecule is COc1nc(-c2cccc(-c3ccc[c-]c3C)c2Cl)cc2c1[C@@H](N1CC[C@]3(CCC(=O)N3)C1)CC2.Cn1c(=O)c2[c-]nc(C(F)F)cc2n(C)c1=O.[Mn+2]. The minimum Gasteiger partial charge on any atom is -0.481 e. The molecule has 2 fully saturated rings. The number of hydrogen-bond donors (Lipinski definition) is 1. The molecule has 2 aliphatic heterocycles. The molecule has 5 heterocycles. The zero-order valence-electron chi connectivity index (χ0n) is 29.6. The molecular formula is C39H37ClF2MnN6O4. The summed E-state index contributed by atoms with van der Waals surface area (Å²) >= 11 is 6.97. The molecule has 5 aromatic rings. The van der Waals surface area contributed by atoms with Crippen LogP contribution in [-0.4, -0.2) is 55.6 Å². The van der Waals surface area contributed by atoms with Gasteiger partial charge in [0, 0.05) is 61.5 Å². The second-order valence-electron chi connectivity index (χ2n) is 13.6. The summed E-state index contributed by atoms with van der Waals surface area (Å²) in [6.07, 6.45) is 4.09. The molecule has 10 nitrogen and oxygen atoms in total. The van der Waals surface area contributed by atoms with E-state index in [1.54, 1.807) is 7.11 Å². The number of carbonyl (C=O) groups is 1. The Kier molecular flexibility index (Phi) is 10.9. The van der Waals surface area contributed by atoms with E-state index in [9.17, 15) is 23.2 Å². The van der Waals surface area contributed by atoms with Crippen molar-refractivity contribution in [2.45, 2.75) is 57.0 Å². The van der Waals surface area contributed by atoms with Crippen molar-refractivity contribution < 1.29 is 35.4 Å². The van der Waals surface area contributed by atoms with Crippen LogP contribution in [0.2, 0.25) is 5.02 Å². The molecule has 3 aliphatic rings. The van der Waals surface area contributed by atoms with Gasteiger partial charge in [-0.15, -0.1) is 5.56 Å². The summed E-state index contributed by atoms with van der Waals surface area (Å²) in [6, 6.07) is 18.8. The van der Waals surface area contributed by atoms with Crippen LogP contribution >= 0.6 is 11.6 Å². The Morgan fingerprint density at radius 2 is 1.79 bits per heavy atom. The van der Waals surface area contributed by atoms with Crippen LogP contribution < -0.4 is 21.3 Å². The number of likely N-dealkylation sites (tertiary alicyclic amines) is 1. The van der Waals surface area contributed by atoms with Crippen molar-refractivity contribution in [2.24, 2.45) is 14.1 Å². The molecule has 2 saturated heterocycles. The quantitative estimate of drug-likeness (QED) is 0.175. The van der Waals surface area contributed by atoms with E-state index >= 15 is 0 Å². The number of alkyl halides is 2. The second kappa shape index (κ2) is 15.1. The van der Waals surface area contributed by atoms with Crippen LogP contribution in [0, 0.1) is 19.2 Å². The first-order chi connectivity index (χ1) is 24.9. The van der Waals surface area contributed by atoms with Crippen LogP contribution in [0.1, 0.15) is 60.5 Å². The number of halogens is 3. The van der Waals surface area contributed by atoms with Gasteiger partial charge in [0.05, 0.1) is 18.3 Å². The Bertz CT molecular complexity index is 2350. The molecule has 0 unspecified atom stereocenters. The van der Waals surface area contributed by atoms with Gasteiger partial charge in [-0.2, -0.15) is 29.8 Å². The number of hydrogen-bond acceptors (Lipinski definition) is 7. The van der Waals surface area contributed by atoms with Crippen LogP contribution in [0.25, 0.3) is 33.3 Å². The van der Waals surface area contributed by atoms with Crippen molar-refractivity contribution in [2.75, 3.05) is 20.2 Å². The number of nitrogens with one attached hydrogen (secondary N) is 1. The normalized spacial score (nSPS) is 19.2. The zero-order chi connectivity index (χ0) is 36.9. The summed E-state index contributed by atoms with van der Waals surface area (Å²) in [7, 11) is 4.40. The van der Waals surface area contributed by atoms with Crippen LogP contribution in [0.3, 0.4) is 0 Å². The summed E-state index contributed by atoms with van der Waals surface area (Å²) in [5.41, 5.74) is 5.70. The minimum atomic E-state index is -2.77. The van der Waals surface area contributed by atoms with Gasteiger partial charge in [-0.25, -0.2) is 18.6 Å². The molecule has 275 valence electrons. The molecule has 1 spiro atoms. The van der Waals surface area contributed by atoms with E-state index in [1.165, 1.54) is 25.2 Å². The Labute approximate surface area is 320 Å². The van der Waals surface area contributed by atoms with Gasteiger partial charge in [0.2, 0.25) is 18.2 Å². The van der Waals surface area contributed by atoms with Crippen LogP contribution in [0.15, 0.2) is 58.1 Å². The molecule has 14 heteroatoms. The van der Waals surface area contributed by atoms with Gasteiger partial charge in [-0.05, 0) is 54.4 Å². The fourth-order valence-corrected chi connectivity index (χ4v) is 8.10. The molecule has 1 radical (unpaired) electrons. The van der Waals surface area contributed by atoms with Gasteiger partial charge in [0.1, 0.15) is 0 Å². The summed E-state index contributed by atoms with van der Waals surface area (Å²) in [4.78, 5) is 46.0. The van der Waals surface area contributed by atoms with Crippen molar-refractivity contribution in [3.8, 4) is 28.3 Å². The summed E-state index contributed by atoms with van der Waals surface area (Å²) in [5.74, 6) is 0.868. The molecule has 0 bridgehead atoms. The van der Waals surface area contributed by atoms with Gasteiger partial charge in [0.25, 0.3) is 0 Å². The number of aryl methyl sites for hydroxylation is 3. The number of methoxy groups -OCH3 is 1. The minimum absolute atomic E-state index is 0. The third-order valence-electron chi connectivity index (χ3n) is 10.5. The first kappa shape index (κ1) is 38.3. The fourth-order valence-electron chi connectivity index (χ4n) is 7.78. The standard InChI is InChI=1S/C29H29ClN3O2.C10H8F2N3O2.Mn/c1-18-6-3-4-7-20(18)21-8-5-9-22(27(21)30)23-16-19-10-11-24(26(19)28(31-23)35-2)33-15-14-29(17-33)13-12-25(34)32-29;1-14-7-3-6(8(11)12)13-4-5(7)9(16)15(2)10(14)17;/h3-5,7-9,16,24H,10-15,17H2,1-2H3,(H,32,34);3,8H,1-2H3;/q2*-1;+2/t24-,29+;;/m0../s1. The van der Waals surface area contributed by atoms with Gasteiger partial charge < -0.3 is 29.0 Å². The monoisotopic (exact) mass is 781 g/mol. The molecule has 1 amide bonds. The average molecular weight is 782 g/mol. The first-order valence-corrected chi connectivity index (χ1v) is 17.4. The predicted molar refractivity (Wildman–Crippen MR) is 194 cm³/mol. The number of rotatable bonds is 5. The third kappa shape index (κ3) is 7.03. The van der Waals surface area contributed by atoms with E-state index in [1.807, 2.05) is 30.3 Å². The van der Waals surface area contributed by atoms with E-state index in [2.05, 4.69) is 46.5 Å². The second-order valence-corrected chi connectivity index (χ2v) is 14.0. The Hall–Kier alpha value is -4.42. The Morgan fingerprint density at radius 1 is 1.04 bits per heavy atom. The van der Waals surface area contributed by atoms with Gasteiger partial charge in [0.15, 0.2) is 5.56 Å². The summed E-state index contributed by atoms with van der Waals surface area (Å²) in [6.45, 7) is 3.93. The molecular weight excluding hydrogens is 745 g/mol. The maximum absolute atomic E-state index is 12.5. The van der Waals surface area contributed by atoms with E-state index in [0.717, 1.165) is 81.9 Å². The maximum atomic E-state index is 12.5. The molecule has 0 saturated carbocycles. The van der Waals surface area contributed by atoms with Crippen molar-refractivity contribution in [1.29, 1.82) is 0 Å². The topological polar surface area (TPSA) is 111 Å². The number of aromatic nitrogens is 4. The fraction of sp³-hybridized carbons (Fsp3) is 0.359. The molecule has 1 aliphatic carbocycles. The van der Waals surface area contributed by atoms with Gasteiger partial charge in [-0.3, -0.25) is 9.69 Å². The molecule has 2 atom stereocenters. The van der Waals surface area contributed by atoms with Gasteiger partial charge in [-0.1, -0.05) is 48.4 Å². The van der Waals surface area contributed by atoms with E-state index in [0.29, 0.717) is 17.3 Å². The molecule has 53 heavy (non-hydrogen) atoms. The summed E-state index contributed by atoms with van der Waals surface area (Å²) in [5, 5.41) is 3.96. The molecule has 8 rings (SSSR count). The van der Waals surface area contributed by atoms with E-state index in [-0.39, 0.29) is 45.5 Å².